The van der Waals surface area contributed by atoms with E-state index in [9.17, 15) is 9.59 Å². The molecule has 2 fully saturated rings. The second-order valence-electron chi connectivity index (χ2n) is 8.05. The van der Waals surface area contributed by atoms with Crippen LogP contribution in [0.3, 0.4) is 0 Å². The van der Waals surface area contributed by atoms with Crippen molar-refractivity contribution < 1.29 is 19.8 Å². The molecule has 0 heterocycles. The molecule has 0 amide bonds. The van der Waals surface area contributed by atoms with Crippen molar-refractivity contribution in [2.45, 2.75) is 84.5 Å². The fraction of sp³-hybridized carbons (Fsp3) is 0.905. The van der Waals surface area contributed by atoms with Crippen molar-refractivity contribution in [1.29, 1.82) is 0 Å². The van der Waals surface area contributed by atoms with Gasteiger partial charge in [-0.05, 0) is 49.4 Å². The van der Waals surface area contributed by atoms with Crippen molar-refractivity contribution in [3.05, 3.63) is 0 Å². The molecule has 27 heavy (non-hydrogen) atoms. The van der Waals surface area contributed by atoms with Gasteiger partial charge in [-0.15, -0.1) is 0 Å². The maximum Gasteiger partial charge on any atom is 0.304 e. The Labute approximate surface area is 176 Å². The number of hydrogen-bond acceptors (Lipinski definition) is 4. The highest BCUT2D eigenvalue weighted by Crippen LogP contribution is 2.41. The van der Waals surface area contributed by atoms with E-state index in [-0.39, 0.29) is 12.8 Å². The molecule has 160 valence electrons. The van der Waals surface area contributed by atoms with Gasteiger partial charge in [-0.1, -0.05) is 46.0 Å². The topological polar surface area (TPSA) is 74.6 Å². The molecule has 0 atom stereocenters. The number of carboxylic acid groups (broad SMARTS) is 2. The average Bonchev–Trinajstić information content (AvgIpc) is 2.63. The summed E-state index contributed by atoms with van der Waals surface area (Å²) < 4.78 is 0. The monoisotopic (exact) mass is 420 g/mol. The largest absolute Gasteiger partial charge is 0.481 e. The zero-order valence-corrected chi connectivity index (χ0v) is 18.9. The molecule has 0 aromatic heterocycles. The molecule has 0 spiro atoms. The summed E-state index contributed by atoms with van der Waals surface area (Å²) in [7, 11) is 0. The highest BCUT2D eigenvalue weighted by atomic mass is 32.1. The van der Waals surface area contributed by atoms with Crippen molar-refractivity contribution in [3.63, 3.8) is 0 Å². The van der Waals surface area contributed by atoms with Crippen LogP contribution < -0.4 is 0 Å². The summed E-state index contributed by atoms with van der Waals surface area (Å²) in [6.45, 7) is 4.82. The van der Waals surface area contributed by atoms with Crippen LogP contribution in [0.5, 0.6) is 0 Å². The summed E-state index contributed by atoms with van der Waals surface area (Å²) >= 11 is 7.36. The Morgan fingerprint density at radius 3 is 1.48 bits per heavy atom. The first-order valence-electron chi connectivity index (χ1n) is 10.5. The molecule has 0 unspecified atom stereocenters. The minimum Gasteiger partial charge on any atom is -0.481 e. The summed E-state index contributed by atoms with van der Waals surface area (Å²) in [5.41, 5.74) is 0. The summed E-state index contributed by atoms with van der Waals surface area (Å²) in [6.07, 6.45) is 14.1. The lowest BCUT2D eigenvalue weighted by Gasteiger charge is -2.37. The molecular formula is C21H40O4S2. The third-order valence-corrected chi connectivity index (χ3v) is 6.17. The van der Waals surface area contributed by atoms with Crippen LogP contribution in [0.4, 0.5) is 0 Å². The first-order chi connectivity index (χ1) is 12.8. The fourth-order valence-electron chi connectivity index (χ4n) is 4.08. The normalized spacial score (nSPS) is 22.9. The minimum atomic E-state index is -0.787. The molecular weight excluding hydrogens is 380 g/mol. The fourth-order valence-corrected chi connectivity index (χ4v) is 4.46. The second-order valence-corrected chi connectivity index (χ2v) is 8.95. The number of carboxylic acids is 2. The Morgan fingerprint density at radius 2 is 1.19 bits per heavy atom. The van der Waals surface area contributed by atoms with Gasteiger partial charge >= 0.3 is 11.9 Å². The minimum absolute atomic E-state index is 0.156. The molecule has 2 saturated carbocycles. The van der Waals surface area contributed by atoms with Crippen LogP contribution in [-0.4, -0.2) is 33.7 Å². The maximum atomic E-state index is 9.55. The number of thiol groups is 2. The predicted octanol–water partition coefficient (Wildman–Crippen LogP) is 5.81. The molecule has 4 nitrogen and oxygen atoms in total. The average molecular weight is 421 g/mol. The molecule has 2 N–H and O–H groups in total. The predicted molar refractivity (Wildman–Crippen MR) is 119 cm³/mol. The maximum absolute atomic E-state index is 9.55. The Hall–Kier alpha value is -0.360. The highest BCUT2D eigenvalue weighted by molar-refractivity contribution is 7.80. The van der Waals surface area contributed by atoms with E-state index in [1.165, 1.54) is 32.1 Å². The van der Waals surface area contributed by atoms with Gasteiger partial charge < -0.3 is 10.2 Å². The Bertz CT molecular complexity index is 372. The lowest BCUT2D eigenvalue weighted by Crippen LogP contribution is -2.25. The number of hydrogen-bond donors (Lipinski definition) is 4. The third-order valence-electron chi connectivity index (χ3n) is 5.73. The zero-order valence-electron chi connectivity index (χ0n) is 17.1. The van der Waals surface area contributed by atoms with Gasteiger partial charge in [0.1, 0.15) is 0 Å². The first-order valence-corrected chi connectivity index (χ1v) is 11.7. The van der Waals surface area contributed by atoms with Gasteiger partial charge in [0.2, 0.25) is 0 Å². The van der Waals surface area contributed by atoms with Gasteiger partial charge in [0, 0.05) is 11.5 Å². The second kappa shape index (κ2) is 16.6. The van der Waals surface area contributed by atoms with E-state index in [0.717, 1.165) is 23.7 Å². The van der Waals surface area contributed by atoms with Crippen molar-refractivity contribution in [2.75, 3.05) is 11.5 Å². The molecule has 0 saturated heterocycles. The van der Waals surface area contributed by atoms with Crippen molar-refractivity contribution in [2.24, 2.45) is 23.7 Å². The van der Waals surface area contributed by atoms with Crippen molar-refractivity contribution in [3.8, 4) is 0 Å². The molecule has 0 radical (unpaired) electrons. The van der Waals surface area contributed by atoms with Crippen LogP contribution in [0.2, 0.25) is 0 Å². The Balaban J connectivity index is 0.000000470. The van der Waals surface area contributed by atoms with Crippen LogP contribution >= 0.6 is 25.3 Å². The molecule has 0 aromatic carbocycles. The van der Waals surface area contributed by atoms with E-state index in [2.05, 4.69) is 39.1 Å². The van der Waals surface area contributed by atoms with Gasteiger partial charge in [-0.2, -0.15) is 25.3 Å². The standard InChI is InChI=1S/C15H28.2C3H6O2S/c1-12(2)13-8-10-15(11-9-13)14-6-4-3-5-7-14;2*4-3(5)1-2-6/h12-15H,3-11H2,1-2H3;2*6H,1-2H2,(H,4,5). The zero-order chi connectivity index (χ0) is 20.7. The van der Waals surface area contributed by atoms with Gasteiger partial charge in [0.05, 0.1) is 12.8 Å². The third kappa shape index (κ3) is 14.3. The number of aliphatic carboxylic acids is 2. The van der Waals surface area contributed by atoms with E-state index >= 15 is 0 Å². The van der Waals surface area contributed by atoms with Crippen molar-refractivity contribution >= 4 is 37.2 Å². The van der Waals surface area contributed by atoms with Gasteiger partial charge in [0.25, 0.3) is 0 Å². The number of rotatable bonds is 6. The van der Waals surface area contributed by atoms with Crippen LogP contribution in [0.15, 0.2) is 0 Å². The summed E-state index contributed by atoms with van der Waals surface area (Å²) in [6, 6.07) is 0. The van der Waals surface area contributed by atoms with E-state index in [1.54, 1.807) is 25.7 Å². The SMILES string of the molecule is CC(C)C1CCC(C2CCCCC2)CC1.O=C(O)CCS.O=C(O)CCS. The molecule has 0 aliphatic heterocycles. The van der Waals surface area contributed by atoms with Crippen LogP contribution in [0.1, 0.15) is 84.5 Å². The van der Waals surface area contributed by atoms with Crippen molar-refractivity contribution in [1.82, 2.24) is 0 Å². The first kappa shape index (κ1) is 26.6. The van der Waals surface area contributed by atoms with E-state index in [1.807, 2.05) is 0 Å². The van der Waals surface area contributed by atoms with Crippen LogP contribution in [0, 0.1) is 23.7 Å². The van der Waals surface area contributed by atoms with Gasteiger partial charge in [-0.25, -0.2) is 0 Å². The quantitative estimate of drug-likeness (QED) is 0.409. The lowest BCUT2D eigenvalue weighted by molar-refractivity contribution is -0.137. The van der Waals surface area contributed by atoms with Crippen LogP contribution in [0.25, 0.3) is 0 Å². The molecule has 0 bridgehead atoms. The summed E-state index contributed by atoms with van der Waals surface area (Å²) in [5, 5.41) is 15.7. The van der Waals surface area contributed by atoms with E-state index in [4.69, 9.17) is 10.2 Å². The molecule has 2 aliphatic carbocycles. The molecule has 0 aromatic rings. The van der Waals surface area contributed by atoms with E-state index in [0.29, 0.717) is 11.5 Å². The number of carbonyl (C=O) groups is 2. The van der Waals surface area contributed by atoms with Crippen LogP contribution in [-0.2, 0) is 9.59 Å². The van der Waals surface area contributed by atoms with E-state index < -0.39 is 11.9 Å². The summed E-state index contributed by atoms with van der Waals surface area (Å²) in [5.74, 6) is 3.48. The molecule has 2 rings (SSSR count). The summed E-state index contributed by atoms with van der Waals surface area (Å²) in [4.78, 5) is 19.1. The lowest BCUT2D eigenvalue weighted by atomic mass is 9.69. The van der Waals surface area contributed by atoms with Gasteiger partial charge in [0.15, 0.2) is 0 Å². The Kier molecular flexibility index (Phi) is 16.4. The molecule has 6 heteroatoms. The van der Waals surface area contributed by atoms with Gasteiger partial charge in [-0.3, -0.25) is 9.59 Å². The highest BCUT2D eigenvalue weighted by Gasteiger charge is 2.29. The molecule has 2 aliphatic rings. The Morgan fingerprint density at radius 1 is 0.778 bits per heavy atom. The smallest absolute Gasteiger partial charge is 0.304 e.